The summed E-state index contributed by atoms with van der Waals surface area (Å²) in [7, 11) is 1.55. The van der Waals surface area contributed by atoms with E-state index in [0.29, 0.717) is 23.1 Å². The minimum Gasteiger partial charge on any atom is -0.507 e. The zero-order valence-electron chi connectivity index (χ0n) is 15.2. The number of rotatable bonds is 5. The van der Waals surface area contributed by atoms with Gasteiger partial charge in [-0.2, -0.15) is 10.1 Å². The van der Waals surface area contributed by atoms with Gasteiger partial charge in [-0.15, -0.1) is 0 Å². The summed E-state index contributed by atoms with van der Waals surface area (Å²) in [6.45, 7) is 0. The first-order valence-corrected chi connectivity index (χ1v) is 8.73. The maximum Gasteiger partial charge on any atom is 0.218 e. The van der Waals surface area contributed by atoms with Crippen molar-refractivity contribution >= 4 is 22.8 Å². The van der Waals surface area contributed by atoms with Crippen molar-refractivity contribution in [2.24, 2.45) is 5.10 Å². The molecule has 4 rings (SSSR count). The molecule has 0 amide bonds. The van der Waals surface area contributed by atoms with Crippen LogP contribution in [0.25, 0.3) is 22.2 Å². The normalized spacial score (nSPS) is 11.0. The number of phenols is 1. The number of methoxy groups -OCH3 is 1. The second-order valence-corrected chi connectivity index (χ2v) is 6.07. The fourth-order valence-electron chi connectivity index (χ4n) is 2.89. The van der Waals surface area contributed by atoms with E-state index in [1.54, 1.807) is 25.5 Å². The molecule has 0 saturated carbocycles. The van der Waals surface area contributed by atoms with E-state index in [9.17, 15) is 5.11 Å². The van der Waals surface area contributed by atoms with Crippen molar-refractivity contribution in [2.75, 3.05) is 12.5 Å². The Bertz CT molecular complexity index is 1140. The molecule has 0 saturated heterocycles. The van der Waals surface area contributed by atoms with Gasteiger partial charge < -0.3 is 9.84 Å². The summed E-state index contributed by atoms with van der Waals surface area (Å²) in [6, 6.07) is 22.6. The highest BCUT2D eigenvalue weighted by atomic mass is 16.5. The van der Waals surface area contributed by atoms with Crippen LogP contribution in [0.5, 0.6) is 11.6 Å². The molecule has 28 heavy (non-hydrogen) atoms. The summed E-state index contributed by atoms with van der Waals surface area (Å²) in [5, 5.41) is 16.4. The molecule has 1 aromatic heterocycles. The molecule has 0 spiro atoms. The molecule has 0 unspecified atom stereocenters. The maximum absolute atomic E-state index is 10.2. The Kier molecular flexibility index (Phi) is 4.84. The van der Waals surface area contributed by atoms with Gasteiger partial charge >= 0.3 is 0 Å². The van der Waals surface area contributed by atoms with E-state index < -0.39 is 0 Å². The summed E-state index contributed by atoms with van der Waals surface area (Å²) in [5.74, 6) is 1.61. The average Bonchev–Trinajstić information content (AvgIpc) is 2.75. The van der Waals surface area contributed by atoms with Crippen LogP contribution in [0, 0.1) is 0 Å². The fraction of sp³-hybridized carbons (Fsp3) is 0.0455. The summed E-state index contributed by atoms with van der Waals surface area (Å²) >= 11 is 0. The number of hydrogen-bond donors (Lipinski definition) is 2. The van der Waals surface area contributed by atoms with Crippen molar-refractivity contribution < 1.29 is 9.84 Å². The zero-order valence-corrected chi connectivity index (χ0v) is 15.2. The fourth-order valence-corrected chi connectivity index (χ4v) is 2.89. The number of hydrogen-bond acceptors (Lipinski definition) is 6. The van der Waals surface area contributed by atoms with Crippen molar-refractivity contribution in [1.29, 1.82) is 0 Å². The Morgan fingerprint density at radius 1 is 0.964 bits per heavy atom. The molecule has 0 bridgehead atoms. The van der Waals surface area contributed by atoms with Crippen LogP contribution < -0.4 is 10.2 Å². The van der Waals surface area contributed by atoms with E-state index in [4.69, 9.17) is 4.74 Å². The van der Waals surface area contributed by atoms with Crippen LogP contribution in [-0.4, -0.2) is 28.4 Å². The van der Waals surface area contributed by atoms with Gasteiger partial charge in [0.15, 0.2) is 11.6 Å². The monoisotopic (exact) mass is 370 g/mol. The van der Waals surface area contributed by atoms with Crippen molar-refractivity contribution in [1.82, 2.24) is 9.97 Å². The van der Waals surface area contributed by atoms with Crippen molar-refractivity contribution in [3.63, 3.8) is 0 Å². The highest BCUT2D eigenvalue weighted by Gasteiger charge is 2.07. The smallest absolute Gasteiger partial charge is 0.218 e. The van der Waals surface area contributed by atoms with E-state index in [-0.39, 0.29) is 5.75 Å². The van der Waals surface area contributed by atoms with Gasteiger partial charge in [0.2, 0.25) is 5.88 Å². The van der Waals surface area contributed by atoms with E-state index in [1.165, 1.54) is 0 Å². The molecule has 6 nitrogen and oxygen atoms in total. The number of hydrazone groups is 1. The minimum absolute atomic E-state index is 0.162. The molecule has 0 fully saturated rings. The lowest BCUT2D eigenvalue weighted by Crippen LogP contribution is -2.00. The van der Waals surface area contributed by atoms with E-state index in [2.05, 4.69) is 20.5 Å². The lowest BCUT2D eigenvalue weighted by atomic mass is 10.0. The van der Waals surface area contributed by atoms with Gasteiger partial charge in [-0.1, -0.05) is 60.7 Å². The molecule has 3 aromatic carbocycles. The number of ether oxygens (including phenoxy) is 1. The summed E-state index contributed by atoms with van der Waals surface area (Å²) in [4.78, 5) is 8.87. The molecule has 2 N–H and O–H groups in total. The number of nitrogens with one attached hydrogen (secondary N) is 1. The third-order valence-electron chi connectivity index (χ3n) is 4.26. The Morgan fingerprint density at radius 3 is 2.57 bits per heavy atom. The maximum atomic E-state index is 10.2. The lowest BCUT2D eigenvalue weighted by Gasteiger charge is -2.07. The standard InChI is InChI=1S/C22H18N4O2/c1-28-21-13-20(24-22(25-21)16-8-3-2-4-9-16)26-23-14-18-17-10-6-5-7-15(17)11-12-19(18)27/h2-14,27H,1H3,(H,24,25,26)/b23-14-. The molecule has 0 aliphatic rings. The molecule has 4 aromatic rings. The Labute approximate surface area is 162 Å². The third kappa shape index (κ3) is 3.61. The number of aromatic nitrogens is 2. The number of anilines is 1. The molecular weight excluding hydrogens is 352 g/mol. The van der Waals surface area contributed by atoms with Crippen LogP contribution in [0.4, 0.5) is 5.82 Å². The Hall–Kier alpha value is -3.93. The second kappa shape index (κ2) is 7.75. The van der Waals surface area contributed by atoms with E-state index in [0.717, 1.165) is 16.3 Å². The quantitative estimate of drug-likeness (QED) is 0.401. The zero-order chi connectivity index (χ0) is 19.3. The molecule has 0 atom stereocenters. The van der Waals surface area contributed by atoms with E-state index in [1.807, 2.05) is 60.7 Å². The second-order valence-electron chi connectivity index (χ2n) is 6.07. The molecule has 0 aliphatic heterocycles. The van der Waals surface area contributed by atoms with Gasteiger partial charge in [-0.05, 0) is 16.8 Å². The van der Waals surface area contributed by atoms with Crippen LogP contribution >= 0.6 is 0 Å². The number of phenolic OH excluding ortho intramolecular Hbond substituents is 1. The molecule has 0 aliphatic carbocycles. The number of aromatic hydroxyl groups is 1. The third-order valence-corrected chi connectivity index (χ3v) is 4.26. The predicted molar refractivity (Wildman–Crippen MR) is 111 cm³/mol. The number of nitrogens with zero attached hydrogens (tertiary/aromatic N) is 3. The largest absolute Gasteiger partial charge is 0.507 e. The van der Waals surface area contributed by atoms with E-state index >= 15 is 0 Å². The molecular formula is C22H18N4O2. The first kappa shape index (κ1) is 17.5. The van der Waals surface area contributed by atoms with Gasteiger partial charge in [-0.3, -0.25) is 5.43 Å². The predicted octanol–water partition coefficient (Wildman–Crippen LogP) is 4.46. The van der Waals surface area contributed by atoms with Gasteiger partial charge in [-0.25, -0.2) is 4.98 Å². The SMILES string of the molecule is COc1cc(N/N=C\c2c(O)ccc3ccccc23)nc(-c2ccccc2)n1. The van der Waals surface area contributed by atoms with Gasteiger partial charge in [0.25, 0.3) is 0 Å². The highest BCUT2D eigenvalue weighted by molar-refractivity contribution is 6.02. The lowest BCUT2D eigenvalue weighted by molar-refractivity contribution is 0.398. The van der Waals surface area contributed by atoms with Crippen LogP contribution in [0.3, 0.4) is 0 Å². The first-order valence-electron chi connectivity index (χ1n) is 8.73. The summed E-state index contributed by atoms with van der Waals surface area (Å²) < 4.78 is 5.28. The first-order chi connectivity index (χ1) is 13.7. The minimum atomic E-state index is 0.162. The van der Waals surface area contributed by atoms with Gasteiger partial charge in [0.1, 0.15) is 5.75 Å². The molecule has 1 heterocycles. The van der Waals surface area contributed by atoms with Gasteiger partial charge in [0, 0.05) is 17.2 Å². The molecule has 0 radical (unpaired) electrons. The number of benzene rings is 3. The van der Waals surface area contributed by atoms with Crippen molar-refractivity contribution in [3.8, 4) is 23.0 Å². The van der Waals surface area contributed by atoms with Crippen molar-refractivity contribution in [3.05, 3.63) is 78.4 Å². The average molecular weight is 370 g/mol. The number of fused-ring (bicyclic) bond motifs is 1. The topological polar surface area (TPSA) is 79.6 Å². The van der Waals surface area contributed by atoms with Crippen LogP contribution in [0.2, 0.25) is 0 Å². The van der Waals surface area contributed by atoms with Crippen LogP contribution in [-0.2, 0) is 0 Å². The van der Waals surface area contributed by atoms with Crippen LogP contribution in [0.15, 0.2) is 77.9 Å². The van der Waals surface area contributed by atoms with Crippen LogP contribution in [0.1, 0.15) is 5.56 Å². The Morgan fingerprint density at radius 2 is 1.75 bits per heavy atom. The Balaban J connectivity index is 1.64. The van der Waals surface area contributed by atoms with Crippen molar-refractivity contribution in [2.45, 2.75) is 0 Å². The summed E-state index contributed by atoms with van der Waals surface area (Å²) in [6.07, 6.45) is 1.58. The molecule has 138 valence electrons. The summed E-state index contributed by atoms with van der Waals surface area (Å²) in [5.41, 5.74) is 4.41. The molecule has 6 heteroatoms. The highest BCUT2D eigenvalue weighted by Crippen LogP contribution is 2.26. The van der Waals surface area contributed by atoms with Gasteiger partial charge in [0.05, 0.1) is 13.3 Å².